The molecule has 1 amide bonds. The van der Waals surface area contributed by atoms with Crippen LogP contribution in [-0.4, -0.2) is 27.3 Å². The fourth-order valence-corrected chi connectivity index (χ4v) is 3.93. The molecule has 1 aromatic heterocycles. The molecule has 7 heteroatoms. The highest BCUT2D eigenvalue weighted by atomic mass is 35.5. The number of nitrogens with one attached hydrogen (secondary N) is 1. The molecule has 0 spiro atoms. The molecule has 0 aliphatic heterocycles. The van der Waals surface area contributed by atoms with E-state index in [1.165, 1.54) is 11.8 Å². The van der Waals surface area contributed by atoms with Crippen LogP contribution in [0.5, 0.6) is 0 Å². The van der Waals surface area contributed by atoms with Gasteiger partial charge in [-0.25, -0.2) is 4.98 Å². The van der Waals surface area contributed by atoms with E-state index in [9.17, 15) is 9.59 Å². The van der Waals surface area contributed by atoms with Crippen LogP contribution < -0.4 is 10.9 Å². The summed E-state index contributed by atoms with van der Waals surface area (Å²) < 4.78 is 1.57. The molecule has 0 bridgehead atoms. The topological polar surface area (TPSA) is 64.0 Å². The van der Waals surface area contributed by atoms with Crippen LogP contribution in [-0.2, 0) is 4.79 Å². The molecule has 0 saturated heterocycles. The number of halogens is 1. The summed E-state index contributed by atoms with van der Waals surface area (Å²) in [6.45, 7) is 6.40. The molecule has 2 aromatic carbocycles. The normalized spacial score (nSPS) is 12.1. The van der Waals surface area contributed by atoms with Crippen molar-refractivity contribution < 1.29 is 4.79 Å². The Kier molecular flexibility index (Phi) is 6.42. The van der Waals surface area contributed by atoms with Crippen molar-refractivity contribution in [3.8, 4) is 5.69 Å². The minimum Gasteiger partial charge on any atom is -0.355 e. The van der Waals surface area contributed by atoms with Crippen LogP contribution in [0.4, 0.5) is 0 Å². The van der Waals surface area contributed by atoms with Gasteiger partial charge in [-0.2, -0.15) is 0 Å². The molecule has 0 radical (unpaired) electrons. The number of thioether (sulfide) groups is 1. The van der Waals surface area contributed by atoms with Gasteiger partial charge in [0, 0.05) is 11.6 Å². The Hall–Kier alpha value is -2.31. The lowest BCUT2D eigenvalue weighted by Gasteiger charge is -2.16. The number of rotatable bonds is 6. The van der Waals surface area contributed by atoms with Gasteiger partial charge in [0.1, 0.15) is 0 Å². The van der Waals surface area contributed by atoms with Crippen molar-refractivity contribution >= 4 is 40.2 Å². The lowest BCUT2D eigenvalue weighted by molar-refractivity contribution is -0.120. The lowest BCUT2D eigenvalue weighted by atomic mass is 10.2. The van der Waals surface area contributed by atoms with E-state index in [-0.39, 0.29) is 11.5 Å². The zero-order chi connectivity index (χ0) is 20.3. The van der Waals surface area contributed by atoms with Crippen molar-refractivity contribution in [2.75, 3.05) is 6.54 Å². The Morgan fingerprint density at radius 2 is 2.07 bits per heavy atom. The molecule has 1 heterocycles. The van der Waals surface area contributed by atoms with Gasteiger partial charge in [0.05, 0.1) is 21.8 Å². The maximum atomic E-state index is 13.3. The van der Waals surface area contributed by atoms with Crippen molar-refractivity contribution in [1.29, 1.82) is 0 Å². The first-order valence-corrected chi connectivity index (χ1v) is 10.4. The van der Waals surface area contributed by atoms with Gasteiger partial charge in [-0.3, -0.25) is 14.2 Å². The molecule has 0 unspecified atom stereocenters. The number of nitrogens with zero attached hydrogens (tertiary/aromatic N) is 2. The molecule has 28 heavy (non-hydrogen) atoms. The number of fused-ring (bicyclic) bond motifs is 1. The van der Waals surface area contributed by atoms with Crippen LogP contribution in [0.15, 0.2) is 52.4 Å². The molecule has 0 saturated carbocycles. The Morgan fingerprint density at radius 3 is 2.79 bits per heavy atom. The quantitative estimate of drug-likeness (QED) is 0.480. The SMILES string of the molecule is CCCNC(=O)[C@@H](C)Sc1nc2cc(Cl)ccc2c(=O)n1-c1cccc(C)c1. The Bertz CT molecular complexity index is 1080. The first-order valence-electron chi connectivity index (χ1n) is 9.14. The van der Waals surface area contributed by atoms with Crippen molar-refractivity contribution in [2.24, 2.45) is 0 Å². The zero-order valence-electron chi connectivity index (χ0n) is 16.0. The second-order valence-electron chi connectivity index (χ2n) is 6.59. The van der Waals surface area contributed by atoms with Gasteiger partial charge < -0.3 is 5.32 Å². The summed E-state index contributed by atoms with van der Waals surface area (Å²) in [6.07, 6.45) is 0.865. The number of aryl methyl sites for hydroxylation is 1. The van der Waals surface area contributed by atoms with Crippen LogP contribution in [0.3, 0.4) is 0 Å². The van der Waals surface area contributed by atoms with Crippen LogP contribution in [0.1, 0.15) is 25.8 Å². The largest absolute Gasteiger partial charge is 0.355 e. The Labute approximate surface area is 173 Å². The van der Waals surface area contributed by atoms with E-state index >= 15 is 0 Å². The smallest absolute Gasteiger partial charge is 0.266 e. The summed E-state index contributed by atoms with van der Waals surface area (Å²) in [7, 11) is 0. The van der Waals surface area contributed by atoms with Crippen LogP contribution in [0.25, 0.3) is 16.6 Å². The van der Waals surface area contributed by atoms with Gasteiger partial charge in [-0.15, -0.1) is 0 Å². The summed E-state index contributed by atoms with van der Waals surface area (Å²) >= 11 is 7.36. The van der Waals surface area contributed by atoms with Crippen LogP contribution >= 0.6 is 23.4 Å². The second kappa shape index (κ2) is 8.80. The van der Waals surface area contributed by atoms with Gasteiger partial charge in [0.25, 0.3) is 5.56 Å². The highest BCUT2D eigenvalue weighted by Crippen LogP contribution is 2.26. The summed E-state index contributed by atoms with van der Waals surface area (Å²) in [5.41, 5.74) is 2.09. The minimum absolute atomic E-state index is 0.0805. The van der Waals surface area contributed by atoms with E-state index in [2.05, 4.69) is 10.3 Å². The first-order chi connectivity index (χ1) is 13.4. The molecule has 5 nitrogen and oxygen atoms in total. The average molecular weight is 416 g/mol. The summed E-state index contributed by atoms with van der Waals surface area (Å²) in [5, 5.41) is 3.95. The molecule has 146 valence electrons. The number of carbonyl (C=O) groups is 1. The van der Waals surface area contributed by atoms with Crippen molar-refractivity contribution in [3.63, 3.8) is 0 Å². The average Bonchev–Trinajstić information content (AvgIpc) is 2.65. The number of hydrogen-bond acceptors (Lipinski definition) is 4. The predicted octanol–water partition coefficient (Wildman–Crippen LogP) is 4.35. The number of carbonyl (C=O) groups excluding carboxylic acids is 1. The summed E-state index contributed by atoms with van der Waals surface area (Å²) in [5.74, 6) is -0.0805. The van der Waals surface area contributed by atoms with Crippen LogP contribution in [0, 0.1) is 6.92 Å². The van der Waals surface area contributed by atoms with Gasteiger partial charge in [0.2, 0.25) is 5.91 Å². The van der Waals surface area contributed by atoms with E-state index in [0.29, 0.717) is 27.6 Å². The predicted molar refractivity (Wildman–Crippen MR) is 116 cm³/mol. The molecule has 1 N–H and O–H groups in total. The third kappa shape index (κ3) is 4.39. The zero-order valence-corrected chi connectivity index (χ0v) is 17.6. The lowest BCUT2D eigenvalue weighted by Crippen LogP contribution is -2.32. The first kappa shape index (κ1) is 20.4. The number of benzene rings is 2. The second-order valence-corrected chi connectivity index (χ2v) is 8.33. The van der Waals surface area contributed by atoms with Crippen LogP contribution in [0.2, 0.25) is 5.02 Å². The van der Waals surface area contributed by atoms with Gasteiger partial charge in [-0.1, -0.05) is 42.4 Å². The van der Waals surface area contributed by atoms with Crippen molar-refractivity contribution in [1.82, 2.24) is 14.9 Å². The Morgan fingerprint density at radius 1 is 1.29 bits per heavy atom. The number of amides is 1. The molecule has 0 aliphatic carbocycles. The van der Waals surface area contributed by atoms with E-state index in [1.54, 1.807) is 22.8 Å². The fourth-order valence-electron chi connectivity index (χ4n) is 2.82. The maximum absolute atomic E-state index is 13.3. The van der Waals surface area contributed by atoms with Crippen molar-refractivity contribution in [3.05, 3.63) is 63.4 Å². The monoisotopic (exact) mass is 415 g/mol. The van der Waals surface area contributed by atoms with Gasteiger partial charge in [-0.05, 0) is 56.2 Å². The minimum atomic E-state index is -0.397. The third-order valence-electron chi connectivity index (χ3n) is 4.26. The highest BCUT2D eigenvalue weighted by molar-refractivity contribution is 8.00. The molecule has 3 rings (SSSR count). The third-order valence-corrected chi connectivity index (χ3v) is 5.55. The van der Waals surface area contributed by atoms with Crippen molar-refractivity contribution in [2.45, 2.75) is 37.6 Å². The number of hydrogen-bond donors (Lipinski definition) is 1. The molecular formula is C21H22ClN3O2S. The standard InChI is InChI=1S/C21H22ClN3O2S/c1-4-10-23-19(26)14(3)28-21-24-18-12-15(22)8-9-17(18)20(27)25(21)16-7-5-6-13(2)11-16/h5-9,11-12,14H,4,10H2,1-3H3,(H,23,26)/t14-/m1/s1. The molecular weight excluding hydrogens is 394 g/mol. The molecule has 3 aromatic rings. The van der Waals surface area contributed by atoms with E-state index in [1.807, 2.05) is 45.0 Å². The van der Waals surface area contributed by atoms with Gasteiger partial charge in [0.15, 0.2) is 5.16 Å². The fraction of sp³-hybridized carbons (Fsp3) is 0.286. The maximum Gasteiger partial charge on any atom is 0.266 e. The van der Waals surface area contributed by atoms with E-state index < -0.39 is 5.25 Å². The summed E-state index contributed by atoms with van der Waals surface area (Å²) in [4.78, 5) is 30.3. The summed E-state index contributed by atoms with van der Waals surface area (Å²) in [6, 6.07) is 12.7. The van der Waals surface area contributed by atoms with E-state index in [0.717, 1.165) is 17.7 Å². The highest BCUT2D eigenvalue weighted by Gasteiger charge is 2.20. The molecule has 1 atom stereocenters. The van der Waals surface area contributed by atoms with Gasteiger partial charge >= 0.3 is 0 Å². The molecule has 0 aliphatic rings. The number of aromatic nitrogens is 2. The Balaban J connectivity index is 2.14. The molecule has 0 fully saturated rings. The van der Waals surface area contributed by atoms with E-state index in [4.69, 9.17) is 11.6 Å².